The monoisotopic (exact) mass is 355 g/mol. The first-order valence-electron chi connectivity index (χ1n) is 7.85. The van der Waals surface area contributed by atoms with Crippen molar-refractivity contribution in [1.29, 1.82) is 5.41 Å². The largest absolute Gasteiger partial charge is 0.384 e. The van der Waals surface area contributed by atoms with Crippen molar-refractivity contribution < 1.29 is 4.79 Å². The number of halogens is 1. The molecular weight excluding hydrogens is 338 g/mol. The third kappa shape index (κ3) is 4.36. The lowest BCUT2D eigenvalue weighted by Crippen LogP contribution is -2.27. The predicted molar refractivity (Wildman–Crippen MR) is 99.0 cm³/mol. The number of carbonyl (C=O) groups is 1. The molecule has 1 aromatic heterocycles. The van der Waals surface area contributed by atoms with Crippen LogP contribution in [-0.4, -0.2) is 28.3 Å². The van der Waals surface area contributed by atoms with Crippen LogP contribution in [0, 0.1) is 5.41 Å². The minimum Gasteiger partial charge on any atom is -0.384 e. The maximum atomic E-state index is 12.1. The lowest BCUT2D eigenvalue weighted by molar-refractivity contribution is -0.120. The fourth-order valence-electron chi connectivity index (χ4n) is 2.53. The fourth-order valence-corrected chi connectivity index (χ4v) is 2.65. The summed E-state index contributed by atoms with van der Waals surface area (Å²) in [6.45, 7) is 0.551. The lowest BCUT2D eigenvalue weighted by Gasteiger charge is -2.04. The first-order chi connectivity index (χ1) is 12.0. The third-order valence-electron chi connectivity index (χ3n) is 3.82. The highest BCUT2D eigenvalue weighted by Gasteiger charge is 2.09. The van der Waals surface area contributed by atoms with Crippen molar-refractivity contribution in [2.75, 3.05) is 6.54 Å². The predicted octanol–water partition coefficient (Wildman–Crippen LogP) is 2.40. The van der Waals surface area contributed by atoms with E-state index in [4.69, 9.17) is 22.7 Å². The van der Waals surface area contributed by atoms with E-state index in [0.29, 0.717) is 23.0 Å². The van der Waals surface area contributed by atoms with Gasteiger partial charge in [-0.1, -0.05) is 23.7 Å². The van der Waals surface area contributed by atoms with Crippen LogP contribution in [0.3, 0.4) is 0 Å². The molecule has 1 amide bonds. The van der Waals surface area contributed by atoms with Crippen LogP contribution in [0.25, 0.3) is 11.0 Å². The summed E-state index contributed by atoms with van der Waals surface area (Å²) in [7, 11) is 0. The molecule has 0 aliphatic carbocycles. The normalized spacial score (nSPS) is 10.8. The third-order valence-corrected chi connectivity index (χ3v) is 4.07. The van der Waals surface area contributed by atoms with Crippen LogP contribution in [0.4, 0.5) is 0 Å². The Balaban J connectivity index is 1.56. The summed E-state index contributed by atoms with van der Waals surface area (Å²) >= 11 is 5.85. The molecule has 0 unspecified atom stereocenters. The van der Waals surface area contributed by atoms with Crippen LogP contribution in [0.5, 0.6) is 0 Å². The number of rotatable bonds is 6. The number of hydrogen-bond donors (Lipinski definition) is 4. The van der Waals surface area contributed by atoms with Gasteiger partial charge in [-0.15, -0.1) is 0 Å². The van der Waals surface area contributed by atoms with Gasteiger partial charge in [0.25, 0.3) is 0 Å². The number of imidazole rings is 1. The van der Waals surface area contributed by atoms with Crippen molar-refractivity contribution >= 4 is 34.4 Å². The molecule has 7 heteroatoms. The Morgan fingerprint density at radius 3 is 2.72 bits per heavy atom. The maximum absolute atomic E-state index is 12.1. The Labute approximate surface area is 149 Å². The molecule has 0 saturated heterocycles. The number of nitrogens with zero attached hydrogens (tertiary/aromatic N) is 1. The summed E-state index contributed by atoms with van der Waals surface area (Å²) in [5.74, 6) is 0.484. The smallest absolute Gasteiger partial charge is 0.227 e. The van der Waals surface area contributed by atoms with Crippen LogP contribution in [0.2, 0.25) is 5.02 Å². The van der Waals surface area contributed by atoms with Gasteiger partial charge in [-0.25, -0.2) is 4.98 Å². The molecule has 0 atom stereocenters. The number of amides is 1. The van der Waals surface area contributed by atoms with Gasteiger partial charge in [-0.05, 0) is 42.3 Å². The minimum absolute atomic E-state index is 0.00186. The van der Waals surface area contributed by atoms with Crippen molar-refractivity contribution in [2.45, 2.75) is 12.8 Å². The molecule has 5 N–H and O–H groups in total. The minimum atomic E-state index is -0.0974. The highest BCUT2D eigenvalue weighted by atomic mass is 35.5. The standard InChI is InChI=1S/C18H18ClN5O/c19-13-4-1-11(2-5-13)7-8-22-17(25)10-16-23-14-6-3-12(18(20)21)9-15(14)24-16/h1-6,9H,7-8,10H2,(H3,20,21)(H,22,25)(H,23,24). The van der Waals surface area contributed by atoms with Gasteiger partial charge in [0.1, 0.15) is 11.7 Å². The Bertz CT molecular complexity index is 917. The van der Waals surface area contributed by atoms with E-state index in [1.807, 2.05) is 24.3 Å². The number of nitrogens with one attached hydrogen (secondary N) is 3. The highest BCUT2D eigenvalue weighted by molar-refractivity contribution is 6.30. The second-order valence-corrected chi connectivity index (χ2v) is 6.17. The van der Waals surface area contributed by atoms with E-state index in [1.54, 1.807) is 18.2 Å². The Hall–Kier alpha value is -2.86. The molecule has 1 heterocycles. The van der Waals surface area contributed by atoms with Crippen LogP contribution in [0.15, 0.2) is 42.5 Å². The average Bonchev–Trinajstić information content (AvgIpc) is 2.97. The molecule has 0 saturated carbocycles. The summed E-state index contributed by atoms with van der Waals surface area (Å²) in [5, 5.41) is 11.0. The Kier molecular flexibility index (Phi) is 5.00. The van der Waals surface area contributed by atoms with Crippen molar-refractivity contribution in [2.24, 2.45) is 5.73 Å². The number of H-pyrrole nitrogens is 1. The topological polar surface area (TPSA) is 108 Å². The van der Waals surface area contributed by atoms with Crippen LogP contribution in [-0.2, 0) is 17.6 Å². The summed E-state index contributed by atoms with van der Waals surface area (Å²) < 4.78 is 0. The van der Waals surface area contributed by atoms with E-state index < -0.39 is 0 Å². The number of aromatic nitrogens is 2. The van der Waals surface area contributed by atoms with Crippen molar-refractivity contribution in [3.63, 3.8) is 0 Å². The maximum Gasteiger partial charge on any atom is 0.227 e. The van der Waals surface area contributed by atoms with E-state index >= 15 is 0 Å². The van der Waals surface area contributed by atoms with E-state index in [1.165, 1.54) is 0 Å². The van der Waals surface area contributed by atoms with Gasteiger partial charge in [0.2, 0.25) is 5.91 Å². The summed E-state index contributed by atoms with van der Waals surface area (Å²) in [4.78, 5) is 19.5. The van der Waals surface area contributed by atoms with Crippen LogP contribution in [0.1, 0.15) is 17.0 Å². The molecule has 2 aromatic carbocycles. The van der Waals surface area contributed by atoms with E-state index in [0.717, 1.165) is 23.0 Å². The Morgan fingerprint density at radius 1 is 1.24 bits per heavy atom. The number of nitrogens with two attached hydrogens (primary N) is 1. The summed E-state index contributed by atoms with van der Waals surface area (Å²) in [6, 6.07) is 12.8. The Morgan fingerprint density at radius 2 is 2.00 bits per heavy atom. The quantitative estimate of drug-likeness (QED) is 0.402. The molecular formula is C18H18ClN5O. The molecule has 0 fully saturated rings. The molecule has 0 aliphatic heterocycles. The first-order valence-corrected chi connectivity index (χ1v) is 8.23. The van der Waals surface area contributed by atoms with Gasteiger partial charge >= 0.3 is 0 Å². The zero-order valence-corrected chi connectivity index (χ0v) is 14.2. The number of carbonyl (C=O) groups excluding carboxylic acids is 1. The zero-order valence-electron chi connectivity index (χ0n) is 13.5. The number of hydrogen-bond acceptors (Lipinski definition) is 3. The van der Waals surface area contributed by atoms with Crippen LogP contribution >= 0.6 is 11.6 Å². The molecule has 3 aromatic rings. The van der Waals surface area contributed by atoms with Gasteiger partial charge in [-0.2, -0.15) is 0 Å². The van der Waals surface area contributed by atoms with Crippen molar-refractivity contribution in [3.8, 4) is 0 Å². The van der Waals surface area contributed by atoms with Gasteiger partial charge in [0.05, 0.1) is 17.5 Å². The fraction of sp³-hybridized carbons (Fsp3) is 0.167. The molecule has 3 rings (SSSR count). The van der Waals surface area contributed by atoms with Gasteiger partial charge in [-0.3, -0.25) is 10.2 Å². The number of aromatic amines is 1. The second-order valence-electron chi connectivity index (χ2n) is 5.73. The molecule has 0 aliphatic rings. The zero-order chi connectivity index (χ0) is 17.8. The van der Waals surface area contributed by atoms with Crippen molar-refractivity contribution in [1.82, 2.24) is 15.3 Å². The second kappa shape index (κ2) is 7.36. The molecule has 0 radical (unpaired) electrons. The molecule has 128 valence electrons. The lowest BCUT2D eigenvalue weighted by atomic mass is 10.1. The van der Waals surface area contributed by atoms with Gasteiger partial charge in [0, 0.05) is 17.1 Å². The number of benzene rings is 2. The van der Waals surface area contributed by atoms with E-state index in [-0.39, 0.29) is 18.2 Å². The molecule has 6 nitrogen and oxygen atoms in total. The van der Waals surface area contributed by atoms with E-state index in [2.05, 4.69) is 15.3 Å². The molecule has 0 spiro atoms. The van der Waals surface area contributed by atoms with Gasteiger partial charge < -0.3 is 16.0 Å². The molecule has 0 bridgehead atoms. The van der Waals surface area contributed by atoms with Crippen LogP contribution < -0.4 is 11.1 Å². The molecule has 25 heavy (non-hydrogen) atoms. The number of nitrogen functional groups attached to an aromatic ring is 1. The number of amidine groups is 1. The van der Waals surface area contributed by atoms with Gasteiger partial charge in [0.15, 0.2) is 0 Å². The highest BCUT2D eigenvalue weighted by Crippen LogP contribution is 2.14. The SMILES string of the molecule is N=C(N)c1ccc2nc(CC(=O)NCCc3ccc(Cl)cc3)[nH]c2c1. The van der Waals surface area contributed by atoms with E-state index in [9.17, 15) is 4.79 Å². The first kappa shape index (κ1) is 17.0. The summed E-state index contributed by atoms with van der Waals surface area (Å²) in [6.07, 6.45) is 0.912. The number of fused-ring (bicyclic) bond motifs is 1. The summed E-state index contributed by atoms with van der Waals surface area (Å²) in [5.41, 5.74) is 8.72. The average molecular weight is 356 g/mol. The van der Waals surface area contributed by atoms with Crippen molar-refractivity contribution in [3.05, 3.63) is 64.4 Å².